The van der Waals surface area contributed by atoms with Gasteiger partial charge in [-0.2, -0.15) is 0 Å². The Morgan fingerprint density at radius 1 is 1.05 bits per heavy atom. The first kappa shape index (κ1) is 12.1. The first-order chi connectivity index (χ1) is 9.74. The van der Waals surface area contributed by atoms with Gasteiger partial charge in [0, 0.05) is 29.4 Å². The maximum absolute atomic E-state index is 7.32. The number of amidine groups is 1. The van der Waals surface area contributed by atoms with Gasteiger partial charge in [0.1, 0.15) is 11.4 Å². The van der Waals surface area contributed by atoms with Gasteiger partial charge in [0.15, 0.2) is 5.75 Å². The van der Waals surface area contributed by atoms with Crippen molar-refractivity contribution in [1.82, 2.24) is 9.97 Å². The first-order valence-corrected chi connectivity index (χ1v) is 6.06. The number of hydrogen-bond donors (Lipinski definition) is 2. The standard InChI is InChI=1S/C15H12N4O/c16-15(17)11-6-7-13(19-9-11)20-12-5-1-3-10-4-2-8-18-14(10)12/h1-9H,(H3,16,17). The summed E-state index contributed by atoms with van der Waals surface area (Å²) in [5.41, 5.74) is 6.73. The molecular formula is C15H12N4O. The fraction of sp³-hybridized carbons (Fsp3) is 0. The maximum Gasteiger partial charge on any atom is 0.219 e. The number of para-hydroxylation sites is 1. The van der Waals surface area contributed by atoms with Gasteiger partial charge >= 0.3 is 0 Å². The zero-order valence-electron chi connectivity index (χ0n) is 10.6. The van der Waals surface area contributed by atoms with Gasteiger partial charge in [0.25, 0.3) is 0 Å². The molecule has 0 radical (unpaired) electrons. The lowest BCUT2D eigenvalue weighted by Crippen LogP contribution is -2.11. The van der Waals surface area contributed by atoms with Crippen molar-refractivity contribution in [2.45, 2.75) is 0 Å². The van der Waals surface area contributed by atoms with E-state index in [1.54, 1.807) is 18.3 Å². The molecule has 0 saturated heterocycles. The molecule has 0 amide bonds. The van der Waals surface area contributed by atoms with E-state index in [9.17, 15) is 0 Å². The monoisotopic (exact) mass is 264 g/mol. The third kappa shape index (κ3) is 2.29. The van der Waals surface area contributed by atoms with Gasteiger partial charge in [0.2, 0.25) is 5.88 Å². The molecule has 1 aromatic carbocycles. The summed E-state index contributed by atoms with van der Waals surface area (Å²) >= 11 is 0. The smallest absolute Gasteiger partial charge is 0.219 e. The molecule has 0 fully saturated rings. The van der Waals surface area contributed by atoms with Crippen LogP contribution in [0.25, 0.3) is 10.9 Å². The lowest BCUT2D eigenvalue weighted by molar-refractivity contribution is 0.467. The van der Waals surface area contributed by atoms with Gasteiger partial charge in [-0.05, 0) is 18.2 Å². The van der Waals surface area contributed by atoms with Crippen molar-refractivity contribution in [3.63, 3.8) is 0 Å². The zero-order chi connectivity index (χ0) is 13.9. The molecular weight excluding hydrogens is 252 g/mol. The van der Waals surface area contributed by atoms with E-state index in [0.717, 1.165) is 10.9 Å². The van der Waals surface area contributed by atoms with Crippen molar-refractivity contribution < 1.29 is 4.74 Å². The Balaban J connectivity index is 1.95. The van der Waals surface area contributed by atoms with Gasteiger partial charge in [0.05, 0.1) is 0 Å². The lowest BCUT2D eigenvalue weighted by Gasteiger charge is -2.07. The highest BCUT2D eigenvalue weighted by molar-refractivity contribution is 5.94. The summed E-state index contributed by atoms with van der Waals surface area (Å²) in [7, 11) is 0. The van der Waals surface area contributed by atoms with Crippen molar-refractivity contribution in [2.24, 2.45) is 5.73 Å². The fourth-order valence-corrected chi connectivity index (χ4v) is 1.87. The number of aromatic nitrogens is 2. The lowest BCUT2D eigenvalue weighted by atomic mass is 10.2. The Morgan fingerprint density at radius 3 is 2.65 bits per heavy atom. The summed E-state index contributed by atoms with van der Waals surface area (Å²) in [5.74, 6) is 1.07. The normalized spacial score (nSPS) is 10.4. The van der Waals surface area contributed by atoms with E-state index in [0.29, 0.717) is 17.2 Å². The highest BCUT2D eigenvalue weighted by atomic mass is 16.5. The Bertz CT molecular complexity index is 763. The third-order valence-electron chi connectivity index (χ3n) is 2.86. The maximum atomic E-state index is 7.32. The van der Waals surface area contributed by atoms with E-state index in [4.69, 9.17) is 15.9 Å². The topological polar surface area (TPSA) is 84.9 Å². The number of benzene rings is 1. The third-order valence-corrected chi connectivity index (χ3v) is 2.86. The van der Waals surface area contributed by atoms with Crippen LogP contribution in [0.1, 0.15) is 5.56 Å². The average molecular weight is 264 g/mol. The Morgan fingerprint density at radius 2 is 1.90 bits per heavy atom. The SMILES string of the molecule is N=C(N)c1ccc(Oc2cccc3cccnc23)nc1. The minimum absolute atomic E-state index is 0.0177. The fourth-order valence-electron chi connectivity index (χ4n) is 1.87. The van der Waals surface area contributed by atoms with E-state index in [1.165, 1.54) is 6.20 Å². The number of nitrogen functional groups attached to an aromatic ring is 1. The Kier molecular flexibility index (Phi) is 3.01. The predicted octanol–water partition coefficient (Wildman–Crippen LogP) is 2.71. The summed E-state index contributed by atoms with van der Waals surface area (Å²) < 4.78 is 5.74. The summed E-state index contributed by atoms with van der Waals surface area (Å²) in [5, 5.41) is 8.33. The molecule has 2 heterocycles. The van der Waals surface area contributed by atoms with Crippen LogP contribution >= 0.6 is 0 Å². The minimum Gasteiger partial charge on any atom is -0.437 e. The van der Waals surface area contributed by atoms with E-state index >= 15 is 0 Å². The van der Waals surface area contributed by atoms with Crippen LogP contribution in [0.4, 0.5) is 0 Å². The van der Waals surface area contributed by atoms with Crippen LogP contribution in [0, 0.1) is 5.41 Å². The van der Waals surface area contributed by atoms with Crippen LogP contribution in [-0.4, -0.2) is 15.8 Å². The second-order valence-electron chi connectivity index (χ2n) is 4.23. The van der Waals surface area contributed by atoms with Gasteiger partial charge in [-0.25, -0.2) is 4.98 Å². The molecule has 0 saturated carbocycles. The second kappa shape index (κ2) is 4.97. The van der Waals surface area contributed by atoms with E-state index in [-0.39, 0.29) is 5.84 Å². The van der Waals surface area contributed by atoms with Crippen LogP contribution < -0.4 is 10.5 Å². The number of rotatable bonds is 3. The number of nitrogens with one attached hydrogen (secondary N) is 1. The Labute approximate surface area is 115 Å². The number of ether oxygens (including phenoxy) is 1. The molecule has 98 valence electrons. The van der Waals surface area contributed by atoms with Crippen LogP contribution in [0.2, 0.25) is 0 Å². The molecule has 3 N–H and O–H groups in total. The van der Waals surface area contributed by atoms with E-state index in [1.807, 2.05) is 30.3 Å². The van der Waals surface area contributed by atoms with Crippen molar-refractivity contribution in [1.29, 1.82) is 5.41 Å². The van der Waals surface area contributed by atoms with Crippen LogP contribution in [0.15, 0.2) is 54.9 Å². The molecule has 3 rings (SSSR count). The molecule has 0 atom stereocenters. The number of hydrogen-bond acceptors (Lipinski definition) is 4. The van der Waals surface area contributed by atoms with E-state index in [2.05, 4.69) is 9.97 Å². The highest BCUT2D eigenvalue weighted by Crippen LogP contribution is 2.27. The zero-order valence-corrected chi connectivity index (χ0v) is 10.6. The molecule has 3 aromatic rings. The molecule has 0 unspecified atom stereocenters. The van der Waals surface area contributed by atoms with Gasteiger partial charge in [-0.15, -0.1) is 0 Å². The Hall–Kier alpha value is -2.95. The second-order valence-corrected chi connectivity index (χ2v) is 4.23. The molecule has 5 heteroatoms. The van der Waals surface area contributed by atoms with Crippen LogP contribution in [0.3, 0.4) is 0 Å². The van der Waals surface area contributed by atoms with Crippen molar-refractivity contribution >= 4 is 16.7 Å². The minimum atomic E-state index is -0.0177. The van der Waals surface area contributed by atoms with E-state index < -0.39 is 0 Å². The van der Waals surface area contributed by atoms with Gasteiger partial charge in [-0.1, -0.05) is 18.2 Å². The molecule has 0 spiro atoms. The predicted molar refractivity (Wildman–Crippen MR) is 77.1 cm³/mol. The molecule has 0 aliphatic heterocycles. The summed E-state index contributed by atoms with van der Waals surface area (Å²) in [6, 6.07) is 13.0. The van der Waals surface area contributed by atoms with Gasteiger partial charge in [-0.3, -0.25) is 10.4 Å². The van der Waals surface area contributed by atoms with Crippen molar-refractivity contribution in [3.05, 3.63) is 60.4 Å². The van der Waals surface area contributed by atoms with Crippen LogP contribution in [-0.2, 0) is 0 Å². The quantitative estimate of drug-likeness (QED) is 0.562. The van der Waals surface area contributed by atoms with Crippen molar-refractivity contribution in [2.75, 3.05) is 0 Å². The number of nitrogens with two attached hydrogens (primary N) is 1. The molecule has 2 aromatic heterocycles. The summed E-state index contributed by atoms with van der Waals surface area (Å²) in [6.45, 7) is 0. The number of fused-ring (bicyclic) bond motifs is 1. The molecule has 5 nitrogen and oxygen atoms in total. The molecule has 0 aliphatic carbocycles. The van der Waals surface area contributed by atoms with Crippen molar-refractivity contribution in [3.8, 4) is 11.6 Å². The largest absolute Gasteiger partial charge is 0.437 e. The van der Waals surface area contributed by atoms with Crippen LogP contribution in [0.5, 0.6) is 11.6 Å². The van der Waals surface area contributed by atoms with Gasteiger partial charge < -0.3 is 10.5 Å². The average Bonchev–Trinajstić information content (AvgIpc) is 2.48. The highest BCUT2D eigenvalue weighted by Gasteiger charge is 2.05. The molecule has 0 aliphatic rings. The number of pyridine rings is 2. The number of nitrogens with zero attached hydrogens (tertiary/aromatic N) is 2. The summed E-state index contributed by atoms with van der Waals surface area (Å²) in [4.78, 5) is 8.45. The molecule has 20 heavy (non-hydrogen) atoms. The first-order valence-electron chi connectivity index (χ1n) is 6.06. The molecule has 0 bridgehead atoms. The summed E-state index contributed by atoms with van der Waals surface area (Å²) in [6.07, 6.45) is 3.23.